The van der Waals surface area contributed by atoms with Crippen molar-refractivity contribution in [2.75, 3.05) is 5.32 Å². The maximum atomic E-state index is 11.9. The van der Waals surface area contributed by atoms with Gasteiger partial charge >= 0.3 is 6.09 Å². The molecule has 2 atom stereocenters. The van der Waals surface area contributed by atoms with E-state index in [0.717, 1.165) is 19.3 Å². The van der Waals surface area contributed by atoms with Gasteiger partial charge in [0.1, 0.15) is 6.10 Å². The van der Waals surface area contributed by atoms with Gasteiger partial charge in [-0.15, -0.1) is 0 Å². The third-order valence-corrected chi connectivity index (χ3v) is 3.58. The Morgan fingerprint density at radius 2 is 2.00 bits per heavy atom. The fourth-order valence-corrected chi connectivity index (χ4v) is 2.60. The van der Waals surface area contributed by atoms with Crippen LogP contribution in [0.15, 0.2) is 42.5 Å². The molecule has 22 heavy (non-hydrogen) atoms. The predicted molar refractivity (Wildman–Crippen MR) is 85.5 cm³/mol. The fraction of sp³-hybridized carbons (Fsp3) is 0.412. The number of para-hydroxylation sites is 1. The van der Waals surface area contributed by atoms with Crippen LogP contribution in [0.4, 0.5) is 10.5 Å². The molecule has 0 radical (unpaired) electrons. The van der Waals surface area contributed by atoms with Crippen LogP contribution in [-0.4, -0.2) is 24.1 Å². The monoisotopic (exact) mass is 302 g/mol. The smallest absolute Gasteiger partial charge is 0.411 e. The average molecular weight is 302 g/mol. The van der Waals surface area contributed by atoms with Crippen molar-refractivity contribution in [1.29, 1.82) is 0 Å². The van der Waals surface area contributed by atoms with Crippen LogP contribution in [0, 0.1) is 0 Å². The number of amides is 2. The first kappa shape index (κ1) is 16.1. The number of carbonyl (C=O) groups excluding carboxylic acids is 2. The first-order valence-corrected chi connectivity index (χ1v) is 7.63. The number of ether oxygens (including phenoxy) is 1. The third kappa shape index (κ3) is 5.24. The van der Waals surface area contributed by atoms with Crippen molar-refractivity contribution >= 4 is 17.7 Å². The van der Waals surface area contributed by atoms with Gasteiger partial charge in [0, 0.05) is 18.2 Å². The molecular formula is C17H22N2O3. The molecule has 1 aliphatic rings. The zero-order valence-electron chi connectivity index (χ0n) is 12.7. The number of benzene rings is 1. The standard InChI is InChI=1S/C17H22N2O3/c1-2-7-16(20)18-14-10-6-11-15(12-14)22-17(21)19-13-8-4-3-5-9-13/h2-5,7-9,14-15H,6,10-12H2,1H3,(H,18,20)(H,19,21)/b7-2+/t14-,15+/m0/s1. The van der Waals surface area contributed by atoms with Gasteiger partial charge in [0.05, 0.1) is 0 Å². The highest BCUT2D eigenvalue weighted by atomic mass is 16.6. The topological polar surface area (TPSA) is 67.4 Å². The van der Waals surface area contributed by atoms with Crippen molar-refractivity contribution in [1.82, 2.24) is 5.32 Å². The Kier molecular flexibility index (Phi) is 6.01. The lowest BCUT2D eigenvalue weighted by molar-refractivity contribution is -0.117. The summed E-state index contributed by atoms with van der Waals surface area (Å²) in [7, 11) is 0. The van der Waals surface area contributed by atoms with E-state index in [1.165, 1.54) is 6.08 Å². The van der Waals surface area contributed by atoms with E-state index in [2.05, 4.69) is 10.6 Å². The molecule has 2 rings (SSSR count). The zero-order chi connectivity index (χ0) is 15.8. The average Bonchev–Trinajstić information content (AvgIpc) is 2.48. The molecule has 0 spiro atoms. The summed E-state index contributed by atoms with van der Waals surface area (Å²) in [5.41, 5.74) is 0.709. The van der Waals surface area contributed by atoms with Crippen LogP contribution < -0.4 is 10.6 Å². The molecule has 0 aromatic heterocycles. The summed E-state index contributed by atoms with van der Waals surface area (Å²) >= 11 is 0. The molecule has 0 bridgehead atoms. The molecule has 0 heterocycles. The van der Waals surface area contributed by atoms with Crippen molar-refractivity contribution < 1.29 is 14.3 Å². The predicted octanol–water partition coefficient (Wildman–Crippen LogP) is 3.24. The van der Waals surface area contributed by atoms with Crippen LogP contribution in [0.3, 0.4) is 0 Å². The van der Waals surface area contributed by atoms with Crippen LogP contribution in [0.2, 0.25) is 0 Å². The minimum Gasteiger partial charge on any atom is -0.446 e. The molecule has 5 heteroatoms. The maximum absolute atomic E-state index is 11.9. The summed E-state index contributed by atoms with van der Waals surface area (Å²) in [6, 6.07) is 9.26. The van der Waals surface area contributed by atoms with Crippen molar-refractivity contribution in [2.24, 2.45) is 0 Å². The quantitative estimate of drug-likeness (QED) is 0.839. The summed E-state index contributed by atoms with van der Waals surface area (Å²) in [5, 5.41) is 5.64. The van der Waals surface area contributed by atoms with Gasteiger partial charge in [0.2, 0.25) is 5.91 Å². The largest absolute Gasteiger partial charge is 0.446 e. The van der Waals surface area contributed by atoms with Gasteiger partial charge in [-0.2, -0.15) is 0 Å². The van der Waals surface area contributed by atoms with Crippen LogP contribution in [0.25, 0.3) is 0 Å². The maximum Gasteiger partial charge on any atom is 0.411 e. The lowest BCUT2D eigenvalue weighted by atomic mass is 9.93. The molecule has 0 aliphatic heterocycles. The molecule has 2 amide bonds. The Bertz CT molecular complexity index is 528. The molecule has 1 fully saturated rings. The molecule has 118 valence electrons. The van der Waals surface area contributed by atoms with Gasteiger partial charge in [-0.05, 0) is 44.4 Å². The van der Waals surface area contributed by atoms with Crippen LogP contribution in [-0.2, 0) is 9.53 Å². The van der Waals surface area contributed by atoms with E-state index in [1.807, 2.05) is 30.3 Å². The highest BCUT2D eigenvalue weighted by Gasteiger charge is 2.25. The summed E-state index contributed by atoms with van der Waals surface area (Å²) in [5.74, 6) is -0.0955. The van der Waals surface area contributed by atoms with Gasteiger partial charge < -0.3 is 10.1 Å². The Morgan fingerprint density at radius 3 is 2.73 bits per heavy atom. The van der Waals surface area contributed by atoms with Gasteiger partial charge in [-0.1, -0.05) is 24.3 Å². The number of hydrogen-bond acceptors (Lipinski definition) is 3. The van der Waals surface area contributed by atoms with Crippen molar-refractivity contribution in [3.63, 3.8) is 0 Å². The molecule has 1 saturated carbocycles. The molecular weight excluding hydrogens is 280 g/mol. The minimum atomic E-state index is -0.448. The van der Waals surface area contributed by atoms with Crippen molar-refractivity contribution in [3.8, 4) is 0 Å². The summed E-state index contributed by atoms with van der Waals surface area (Å²) in [4.78, 5) is 23.4. The Balaban J connectivity index is 1.79. The second kappa shape index (κ2) is 8.22. The minimum absolute atomic E-state index is 0.0620. The lowest BCUT2D eigenvalue weighted by Gasteiger charge is -2.29. The van der Waals surface area contributed by atoms with Crippen LogP contribution in [0.1, 0.15) is 32.6 Å². The Labute approximate surface area is 130 Å². The second-order valence-electron chi connectivity index (χ2n) is 5.39. The molecule has 5 nitrogen and oxygen atoms in total. The molecule has 0 unspecified atom stereocenters. The number of anilines is 1. The third-order valence-electron chi connectivity index (χ3n) is 3.58. The van der Waals surface area contributed by atoms with E-state index >= 15 is 0 Å². The van der Waals surface area contributed by atoms with E-state index in [0.29, 0.717) is 12.1 Å². The molecule has 1 aliphatic carbocycles. The number of nitrogens with one attached hydrogen (secondary N) is 2. The number of hydrogen-bond donors (Lipinski definition) is 2. The highest BCUT2D eigenvalue weighted by Crippen LogP contribution is 2.22. The van der Waals surface area contributed by atoms with Crippen LogP contribution >= 0.6 is 0 Å². The Morgan fingerprint density at radius 1 is 1.23 bits per heavy atom. The van der Waals surface area contributed by atoms with E-state index in [9.17, 15) is 9.59 Å². The number of allylic oxidation sites excluding steroid dienone is 1. The lowest BCUT2D eigenvalue weighted by Crippen LogP contribution is -2.40. The molecule has 1 aromatic carbocycles. The first-order valence-electron chi connectivity index (χ1n) is 7.63. The van der Waals surface area contributed by atoms with Gasteiger partial charge in [0.15, 0.2) is 0 Å². The SMILES string of the molecule is C/C=C/C(=O)N[C@H]1CCC[C@@H](OC(=O)Nc2ccccc2)C1. The van der Waals surface area contributed by atoms with Gasteiger partial charge in [-0.3, -0.25) is 10.1 Å². The summed E-state index contributed by atoms with van der Waals surface area (Å²) in [6.07, 6.45) is 5.95. The highest BCUT2D eigenvalue weighted by molar-refractivity contribution is 5.87. The first-order chi connectivity index (χ1) is 10.7. The van der Waals surface area contributed by atoms with E-state index in [4.69, 9.17) is 4.74 Å². The fourth-order valence-electron chi connectivity index (χ4n) is 2.60. The molecule has 1 aromatic rings. The second-order valence-corrected chi connectivity index (χ2v) is 5.39. The van der Waals surface area contributed by atoms with Crippen LogP contribution in [0.5, 0.6) is 0 Å². The van der Waals surface area contributed by atoms with Crippen molar-refractivity contribution in [2.45, 2.75) is 44.8 Å². The van der Waals surface area contributed by atoms with Gasteiger partial charge in [0.25, 0.3) is 0 Å². The van der Waals surface area contributed by atoms with Crippen molar-refractivity contribution in [3.05, 3.63) is 42.5 Å². The summed E-state index contributed by atoms with van der Waals surface area (Å²) < 4.78 is 5.45. The molecule has 2 N–H and O–H groups in total. The summed E-state index contributed by atoms with van der Waals surface area (Å²) in [6.45, 7) is 1.81. The van der Waals surface area contributed by atoms with E-state index < -0.39 is 6.09 Å². The Hall–Kier alpha value is -2.30. The van der Waals surface area contributed by atoms with E-state index in [1.54, 1.807) is 13.0 Å². The van der Waals surface area contributed by atoms with E-state index in [-0.39, 0.29) is 18.1 Å². The zero-order valence-corrected chi connectivity index (χ0v) is 12.7. The normalized spacial score (nSPS) is 21.3. The molecule has 0 saturated heterocycles. The number of carbonyl (C=O) groups is 2. The van der Waals surface area contributed by atoms with Gasteiger partial charge in [-0.25, -0.2) is 4.79 Å². The number of rotatable bonds is 4.